The third-order valence-electron chi connectivity index (χ3n) is 3.22. The maximum atomic E-state index is 5.95. The summed E-state index contributed by atoms with van der Waals surface area (Å²) in [4.78, 5) is 4.20. The maximum Gasteiger partial charge on any atom is 0.0954 e. The second kappa shape index (κ2) is 4.72. The fourth-order valence-corrected chi connectivity index (χ4v) is 2.20. The predicted octanol–water partition coefficient (Wildman–Crippen LogP) is 2.82. The van der Waals surface area contributed by atoms with E-state index in [4.69, 9.17) is 5.73 Å². The lowest BCUT2D eigenvalue weighted by atomic mass is 10.0. The van der Waals surface area contributed by atoms with E-state index in [2.05, 4.69) is 47.7 Å². The van der Waals surface area contributed by atoms with E-state index >= 15 is 0 Å². The average Bonchev–Trinajstić information content (AvgIpc) is 2.77. The molecular formula is C14H19N3. The molecule has 17 heavy (non-hydrogen) atoms. The zero-order valence-electron chi connectivity index (χ0n) is 10.6. The zero-order valence-corrected chi connectivity index (χ0v) is 10.6. The molecule has 0 amide bonds. The molecule has 2 N–H and O–H groups in total. The van der Waals surface area contributed by atoms with Crippen molar-refractivity contribution >= 4 is 0 Å². The highest BCUT2D eigenvalue weighted by Crippen LogP contribution is 2.24. The van der Waals surface area contributed by atoms with E-state index in [-0.39, 0.29) is 12.1 Å². The van der Waals surface area contributed by atoms with E-state index < -0.39 is 0 Å². The summed E-state index contributed by atoms with van der Waals surface area (Å²) in [6.07, 6.45) is 3.70. The second-order valence-corrected chi connectivity index (χ2v) is 4.55. The van der Waals surface area contributed by atoms with Crippen LogP contribution in [0.5, 0.6) is 0 Å². The first-order chi connectivity index (χ1) is 8.11. The van der Waals surface area contributed by atoms with E-state index in [1.54, 1.807) is 0 Å². The molecule has 0 spiro atoms. The van der Waals surface area contributed by atoms with Crippen LogP contribution in [0.15, 0.2) is 36.8 Å². The first-order valence-corrected chi connectivity index (χ1v) is 5.94. The van der Waals surface area contributed by atoms with Gasteiger partial charge < -0.3 is 10.3 Å². The lowest BCUT2D eigenvalue weighted by Gasteiger charge is -2.20. The van der Waals surface area contributed by atoms with Gasteiger partial charge in [-0.15, -0.1) is 0 Å². The number of rotatable bonds is 3. The molecule has 3 nitrogen and oxygen atoms in total. The van der Waals surface area contributed by atoms with Crippen molar-refractivity contribution in [3.63, 3.8) is 0 Å². The molecule has 1 aromatic carbocycles. The fourth-order valence-electron chi connectivity index (χ4n) is 2.20. The summed E-state index contributed by atoms with van der Waals surface area (Å²) in [6.45, 7) is 6.29. The maximum absolute atomic E-state index is 5.95. The molecular weight excluding hydrogens is 210 g/mol. The summed E-state index contributed by atoms with van der Waals surface area (Å²) in [5, 5.41) is 0. The lowest BCUT2D eigenvalue weighted by Crippen LogP contribution is -2.16. The molecule has 3 heteroatoms. The molecule has 2 aromatic rings. The Morgan fingerprint density at radius 3 is 2.59 bits per heavy atom. The molecule has 0 fully saturated rings. The summed E-state index contributed by atoms with van der Waals surface area (Å²) in [5.74, 6) is 0. The van der Waals surface area contributed by atoms with Gasteiger partial charge in [0.2, 0.25) is 0 Å². The third kappa shape index (κ3) is 2.24. The van der Waals surface area contributed by atoms with Crippen molar-refractivity contribution in [3.05, 3.63) is 53.6 Å². The van der Waals surface area contributed by atoms with Gasteiger partial charge in [-0.25, -0.2) is 4.98 Å². The van der Waals surface area contributed by atoms with Crippen LogP contribution in [0.3, 0.4) is 0 Å². The van der Waals surface area contributed by atoms with Crippen LogP contribution in [0.2, 0.25) is 0 Å². The van der Waals surface area contributed by atoms with Crippen LogP contribution < -0.4 is 5.73 Å². The number of hydrogen-bond donors (Lipinski definition) is 1. The van der Waals surface area contributed by atoms with Crippen molar-refractivity contribution in [2.24, 2.45) is 5.73 Å². The van der Waals surface area contributed by atoms with Crippen LogP contribution in [0, 0.1) is 6.92 Å². The number of benzene rings is 1. The van der Waals surface area contributed by atoms with Gasteiger partial charge >= 0.3 is 0 Å². The van der Waals surface area contributed by atoms with Crippen LogP contribution in [-0.2, 0) is 0 Å². The summed E-state index contributed by atoms with van der Waals surface area (Å²) in [5.41, 5.74) is 9.63. The molecule has 0 radical (unpaired) electrons. The van der Waals surface area contributed by atoms with Gasteiger partial charge in [-0.2, -0.15) is 0 Å². The molecule has 1 heterocycles. The molecule has 0 aliphatic heterocycles. The zero-order chi connectivity index (χ0) is 12.4. The van der Waals surface area contributed by atoms with Crippen molar-refractivity contribution in [2.45, 2.75) is 32.9 Å². The van der Waals surface area contributed by atoms with Crippen molar-refractivity contribution in [1.29, 1.82) is 0 Å². The summed E-state index contributed by atoms with van der Waals surface area (Å²) >= 11 is 0. The highest BCUT2D eigenvalue weighted by atomic mass is 15.1. The molecule has 0 saturated carbocycles. The smallest absolute Gasteiger partial charge is 0.0954 e. The lowest BCUT2D eigenvalue weighted by molar-refractivity contribution is 0.580. The molecule has 0 bridgehead atoms. The summed E-state index contributed by atoms with van der Waals surface area (Å²) < 4.78 is 2.15. The minimum atomic E-state index is 0.00367. The molecule has 2 atom stereocenters. The van der Waals surface area contributed by atoms with Crippen molar-refractivity contribution in [2.75, 3.05) is 0 Å². The molecule has 0 saturated heterocycles. The molecule has 90 valence electrons. The van der Waals surface area contributed by atoms with Crippen LogP contribution in [0.4, 0.5) is 0 Å². The molecule has 0 aliphatic carbocycles. The summed E-state index contributed by atoms with van der Waals surface area (Å²) in [7, 11) is 0. The van der Waals surface area contributed by atoms with Gasteiger partial charge in [0.1, 0.15) is 0 Å². The number of nitrogens with zero attached hydrogens (tertiary/aromatic N) is 2. The van der Waals surface area contributed by atoms with Crippen LogP contribution in [0.1, 0.15) is 42.8 Å². The van der Waals surface area contributed by atoms with Crippen LogP contribution in [0.25, 0.3) is 0 Å². The Balaban J connectivity index is 2.41. The number of aryl methyl sites for hydroxylation is 1. The van der Waals surface area contributed by atoms with E-state index in [1.165, 1.54) is 11.1 Å². The Bertz CT molecular complexity index is 500. The average molecular weight is 229 g/mol. The second-order valence-electron chi connectivity index (χ2n) is 4.55. The van der Waals surface area contributed by atoms with E-state index in [0.717, 1.165) is 5.69 Å². The van der Waals surface area contributed by atoms with Gasteiger partial charge in [-0.1, -0.05) is 24.3 Å². The van der Waals surface area contributed by atoms with Gasteiger partial charge in [0.25, 0.3) is 0 Å². The predicted molar refractivity (Wildman–Crippen MR) is 69.8 cm³/mol. The SMILES string of the molecule is Cc1ccccc1C(C)n1cncc1[C@H](C)N. The third-order valence-corrected chi connectivity index (χ3v) is 3.22. The molecule has 2 rings (SSSR count). The Kier molecular flexibility index (Phi) is 3.29. The van der Waals surface area contributed by atoms with Gasteiger partial charge in [-0.3, -0.25) is 0 Å². The van der Waals surface area contributed by atoms with Gasteiger partial charge in [-0.05, 0) is 31.9 Å². The number of hydrogen-bond acceptors (Lipinski definition) is 2. The van der Waals surface area contributed by atoms with Gasteiger partial charge in [0.05, 0.1) is 18.1 Å². The Labute approximate surface area is 102 Å². The Morgan fingerprint density at radius 2 is 1.94 bits per heavy atom. The van der Waals surface area contributed by atoms with Gasteiger partial charge in [0, 0.05) is 12.2 Å². The van der Waals surface area contributed by atoms with Crippen molar-refractivity contribution in [1.82, 2.24) is 9.55 Å². The fraction of sp³-hybridized carbons (Fsp3) is 0.357. The highest BCUT2D eigenvalue weighted by molar-refractivity contribution is 5.29. The van der Waals surface area contributed by atoms with Gasteiger partial charge in [0.15, 0.2) is 0 Å². The Hall–Kier alpha value is -1.61. The van der Waals surface area contributed by atoms with Crippen LogP contribution >= 0.6 is 0 Å². The van der Waals surface area contributed by atoms with Crippen LogP contribution in [-0.4, -0.2) is 9.55 Å². The number of aromatic nitrogens is 2. The normalized spacial score (nSPS) is 14.6. The standard InChI is InChI=1S/C14H19N3/c1-10-6-4-5-7-13(10)12(3)17-9-16-8-14(17)11(2)15/h4-9,11-12H,15H2,1-3H3/t11-,12?/m0/s1. The van der Waals surface area contributed by atoms with Crippen molar-refractivity contribution in [3.8, 4) is 0 Å². The van der Waals surface area contributed by atoms with E-state index in [9.17, 15) is 0 Å². The molecule has 0 aliphatic rings. The number of nitrogens with two attached hydrogens (primary N) is 1. The quantitative estimate of drug-likeness (QED) is 0.879. The van der Waals surface area contributed by atoms with E-state index in [0.29, 0.717) is 0 Å². The highest BCUT2D eigenvalue weighted by Gasteiger charge is 2.14. The van der Waals surface area contributed by atoms with Crippen molar-refractivity contribution < 1.29 is 0 Å². The van der Waals surface area contributed by atoms with E-state index in [1.807, 2.05) is 19.4 Å². The first-order valence-electron chi connectivity index (χ1n) is 5.94. The minimum absolute atomic E-state index is 0.00367. The monoisotopic (exact) mass is 229 g/mol. The number of imidazole rings is 1. The largest absolute Gasteiger partial charge is 0.326 e. The topological polar surface area (TPSA) is 43.8 Å². The summed E-state index contributed by atoms with van der Waals surface area (Å²) in [6, 6.07) is 8.69. The Morgan fingerprint density at radius 1 is 1.24 bits per heavy atom. The first kappa shape index (κ1) is 11.9. The minimum Gasteiger partial charge on any atom is -0.326 e. The molecule has 1 aromatic heterocycles. The molecule has 1 unspecified atom stereocenters.